The van der Waals surface area contributed by atoms with Crippen molar-refractivity contribution in [1.82, 2.24) is 0 Å². The summed E-state index contributed by atoms with van der Waals surface area (Å²) in [7, 11) is 0. The van der Waals surface area contributed by atoms with Crippen molar-refractivity contribution in [2.75, 3.05) is 13.2 Å². The Labute approximate surface area is 144 Å². The maximum Gasteiger partial charge on any atom is 0.309 e. The van der Waals surface area contributed by atoms with Crippen LogP contribution in [-0.2, 0) is 28.6 Å². The fourth-order valence-electron chi connectivity index (χ4n) is 1.76. The number of unbranched alkanes of at least 4 members (excludes halogenated alkanes) is 2. The van der Waals surface area contributed by atoms with Crippen LogP contribution in [0.25, 0.3) is 0 Å². The smallest absolute Gasteiger partial charge is 0.309 e. The average Bonchev–Trinajstić information content (AvgIpc) is 2.57. The van der Waals surface area contributed by atoms with Gasteiger partial charge in [-0.25, -0.2) is 0 Å². The molecule has 0 aromatic rings. The van der Waals surface area contributed by atoms with E-state index in [-0.39, 0.29) is 38.0 Å². The van der Waals surface area contributed by atoms with E-state index >= 15 is 0 Å². The van der Waals surface area contributed by atoms with Crippen molar-refractivity contribution >= 4 is 17.9 Å². The van der Waals surface area contributed by atoms with E-state index in [1.165, 1.54) is 0 Å². The molecule has 0 saturated carbocycles. The molecule has 0 heterocycles. The number of hydrogen-bond acceptors (Lipinski definition) is 6. The lowest BCUT2D eigenvalue weighted by Gasteiger charge is -2.18. The minimum absolute atomic E-state index is 0.107. The molecule has 0 radical (unpaired) electrons. The van der Waals surface area contributed by atoms with Gasteiger partial charge in [0.2, 0.25) is 0 Å². The van der Waals surface area contributed by atoms with Crippen LogP contribution in [0.4, 0.5) is 0 Å². The Morgan fingerprint density at radius 3 is 2.12 bits per heavy atom. The summed E-state index contributed by atoms with van der Waals surface area (Å²) in [5, 5.41) is 0. The molecule has 24 heavy (non-hydrogen) atoms. The molecule has 0 rings (SSSR count). The zero-order chi connectivity index (χ0) is 18.2. The quantitative estimate of drug-likeness (QED) is 0.221. The first-order chi connectivity index (χ1) is 11.5. The highest BCUT2D eigenvalue weighted by atomic mass is 16.6. The standard InChI is InChI=1S/C18H30O6/c1-4-7-9-11-17(20)23-14-15(13-22-16(19)6-3)24-18(21)12-10-8-5-2/h7,9,15H,4-6,8,10-14H2,1-3H3/b9-7-. The molecular weight excluding hydrogens is 312 g/mol. The van der Waals surface area contributed by atoms with Gasteiger partial charge in [0.25, 0.3) is 0 Å². The van der Waals surface area contributed by atoms with Gasteiger partial charge in [-0.3, -0.25) is 14.4 Å². The van der Waals surface area contributed by atoms with Crippen molar-refractivity contribution in [2.24, 2.45) is 0 Å². The van der Waals surface area contributed by atoms with Gasteiger partial charge >= 0.3 is 17.9 Å². The van der Waals surface area contributed by atoms with Gasteiger partial charge in [-0.15, -0.1) is 0 Å². The monoisotopic (exact) mass is 342 g/mol. The minimum atomic E-state index is -0.770. The van der Waals surface area contributed by atoms with Crippen molar-refractivity contribution in [2.45, 2.75) is 71.8 Å². The maximum absolute atomic E-state index is 11.8. The van der Waals surface area contributed by atoms with Gasteiger partial charge in [-0.05, 0) is 12.8 Å². The largest absolute Gasteiger partial charge is 0.462 e. The Balaban J connectivity index is 4.35. The summed E-state index contributed by atoms with van der Waals surface area (Å²) in [6, 6.07) is 0. The predicted molar refractivity (Wildman–Crippen MR) is 90.3 cm³/mol. The van der Waals surface area contributed by atoms with Gasteiger partial charge in [0.1, 0.15) is 13.2 Å². The Hall–Kier alpha value is -1.85. The second-order valence-electron chi connectivity index (χ2n) is 5.37. The van der Waals surface area contributed by atoms with Gasteiger partial charge in [-0.1, -0.05) is 45.8 Å². The van der Waals surface area contributed by atoms with Crippen LogP contribution in [0.1, 0.15) is 65.7 Å². The van der Waals surface area contributed by atoms with E-state index in [2.05, 4.69) is 0 Å². The zero-order valence-electron chi connectivity index (χ0n) is 15.0. The molecule has 0 saturated heterocycles. The highest BCUT2D eigenvalue weighted by Gasteiger charge is 2.18. The summed E-state index contributed by atoms with van der Waals surface area (Å²) in [6.07, 6.45) is 7.08. The highest BCUT2D eigenvalue weighted by Crippen LogP contribution is 2.05. The topological polar surface area (TPSA) is 78.9 Å². The van der Waals surface area contributed by atoms with E-state index in [1.807, 2.05) is 19.9 Å². The van der Waals surface area contributed by atoms with Crippen molar-refractivity contribution in [3.63, 3.8) is 0 Å². The lowest BCUT2D eigenvalue weighted by Crippen LogP contribution is -2.30. The summed E-state index contributed by atoms with van der Waals surface area (Å²) in [4.78, 5) is 34.6. The van der Waals surface area contributed by atoms with Gasteiger partial charge in [-0.2, -0.15) is 0 Å². The third-order valence-electron chi connectivity index (χ3n) is 3.12. The second-order valence-corrected chi connectivity index (χ2v) is 5.37. The minimum Gasteiger partial charge on any atom is -0.462 e. The van der Waals surface area contributed by atoms with Crippen LogP contribution in [0, 0.1) is 0 Å². The number of allylic oxidation sites excluding steroid dienone is 1. The molecule has 0 aliphatic heterocycles. The molecule has 1 atom stereocenters. The number of ether oxygens (including phenoxy) is 3. The molecular formula is C18H30O6. The van der Waals surface area contributed by atoms with E-state index in [0.29, 0.717) is 6.42 Å². The Morgan fingerprint density at radius 2 is 1.54 bits per heavy atom. The van der Waals surface area contributed by atoms with Crippen molar-refractivity contribution in [3.8, 4) is 0 Å². The van der Waals surface area contributed by atoms with Gasteiger partial charge in [0.15, 0.2) is 6.10 Å². The Morgan fingerprint density at radius 1 is 0.875 bits per heavy atom. The molecule has 0 amide bonds. The fourth-order valence-corrected chi connectivity index (χ4v) is 1.76. The summed E-state index contributed by atoms with van der Waals surface area (Å²) in [5.41, 5.74) is 0. The van der Waals surface area contributed by atoms with Crippen LogP contribution in [0.15, 0.2) is 12.2 Å². The van der Waals surface area contributed by atoms with E-state index in [0.717, 1.165) is 25.7 Å². The number of carbonyl (C=O) groups is 3. The SMILES string of the molecule is CC/C=C\CC(=O)OCC(COC(=O)CC)OC(=O)CCCCC. The van der Waals surface area contributed by atoms with Crippen molar-refractivity contribution < 1.29 is 28.6 Å². The number of esters is 3. The summed E-state index contributed by atoms with van der Waals surface area (Å²) < 4.78 is 15.3. The lowest BCUT2D eigenvalue weighted by atomic mass is 10.2. The molecule has 0 spiro atoms. The number of hydrogen-bond donors (Lipinski definition) is 0. The van der Waals surface area contributed by atoms with Crippen LogP contribution >= 0.6 is 0 Å². The lowest BCUT2D eigenvalue weighted by molar-refractivity contribution is -0.166. The van der Waals surface area contributed by atoms with Gasteiger partial charge in [0, 0.05) is 12.8 Å². The van der Waals surface area contributed by atoms with E-state index < -0.39 is 12.1 Å². The molecule has 138 valence electrons. The van der Waals surface area contributed by atoms with Crippen molar-refractivity contribution in [3.05, 3.63) is 12.2 Å². The zero-order valence-corrected chi connectivity index (χ0v) is 15.0. The summed E-state index contributed by atoms with van der Waals surface area (Å²) in [6.45, 7) is 5.47. The molecule has 0 aliphatic rings. The first-order valence-corrected chi connectivity index (χ1v) is 8.69. The highest BCUT2D eigenvalue weighted by molar-refractivity contribution is 5.71. The predicted octanol–water partition coefficient (Wildman–Crippen LogP) is 3.33. The fraction of sp³-hybridized carbons (Fsp3) is 0.722. The summed E-state index contributed by atoms with van der Waals surface area (Å²) in [5.74, 6) is -1.17. The second kappa shape index (κ2) is 14.7. The molecule has 0 aromatic heterocycles. The molecule has 0 aliphatic carbocycles. The Kier molecular flexibility index (Phi) is 13.6. The Bertz CT molecular complexity index is 402. The molecule has 6 heteroatoms. The molecule has 1 unspecified atom stereocenters. The molecule has 0 fully saturated rings. The maximum atomic E-state index is 11.8. The van der Waals surface area contributed by atoms with Crippen LogP contribution in [-0.4, -0.2) is 37.2 Å². The summed E-state index contributed by atoms with van der Waals surface area (Å²) >= 11 is 0. The molecule has 0 bridgehead atoms. The van der Waals surface area contributed by atoms with Gasteiger partial charge < -0.3 is 14.2 Å². The van der Waals surface area contributed by atoms with Crippen molar-refractivity contribution in [1.29, 1.82) is 0 Å². The molecule has 6 nitrogen and oxygen atoms in total. The molecule has 0 N–H and O–H groups in total. The average molecular weight is 342 g/mol. The third kappa shape index (κ3) is 12.7. The van der Waals surface area contributed by atoms with Gasteiger partial charge in [0.05, 0.1) is 6.42 Å². The van der Waals surface area contributed by atoms with E-state index in [9.17, 15) is 14.4 Å². The normalized spacial score (nSPS) is 12.0. The first-order valence-electron chi connectivity index (χ1n) is 8.69. The van der Waals surface area contributed by atoms with E-state index in [4.69, 9.17) is 14.2 Å². The number of rotatable bonds is 13. The number of carbonyl (C=O) groups excluding carboxylic acids is 3. The third-order valence-corrected chi connectivity index (χ3v) is 3.12. The first kappa shape index (κ1) is 22.1. The van der Waals surface area contributed by atoms with Crippen LogP contribution in [0.2, 0.25) is 0 Å². The molecule has 0 aromatic carbocycles. The van der Waals surface area contributed by atoms with E-state index in [1.54, 1.807) is 13.0 Å². The van der Waals surface area contributed by atoms with Crippen LogP contribution in [0.3, 0.4) is 0 Å². The van der Waals surface area contributed by atoms with Crippen LogP contribution in [0.5, 0.6) is 0 Å². The van der Waals surface area contributed by atoms with Crippen LogP contribution < -0.4 is 0 Å².